The van der Waals surface area contributed by atoms with E-state index in [0.29, 0.717) is 21.6 Å². The fourth-order valence-electron chi connectivity index (χ4n) is 6.11. The lowest BCUT2D eigenvalue weighted by atomic mass is 9.86. The minimum Gasteiger partial charge on any atom is -0.492 e. The van der Waals surface area contributed by atoms with Gasteiger partial charge < -0.3 is 26.0 Å². The Labute approximate surface area is 363 Å². The van der Waals surface area contributed by atoms with Gasteiger partial charge in [0.15, 0.2) is 5.75 Å². The summed E-state index contributed by atoms with van der Waals surface area (Å²) < 4.78 is 32.1. The molecule has 7 N–H and O–H groups in total. The van der Waals surface area contributed by atoms with Crippen LogP contribution in [0.25, 0.3) is 11.4 Å². The number of nitrogens with zero attached hydrogens (tertiary/aromatic N) is 4. The monoisotopic (exact) mass is 886 g/mol. The predicted octanol–water partition coefficient (Wildman–Crippen LogP) is 7.37. The highest BCUT2D eigenvalue weighted by Crippen LogP contribution is 2.39. The van der Waals surface area contributed by atoms with E-state index in [0.717, 1.165) is 56.8 Å². The van der Waals surface area contributed by atoms with Gasteiger partial charge in [-0.3, -0.25) is 19.5 Å². The van der Waals surface area contributed by atoms with Gasteiger partial charge in [-0.15, -0.1) is 11.1 Å². The summed E-state index contributed by atoms with van der Waals surface area (Å²) in [6, 6.07) is 20.9. The number of carbonyl (C=O) groups excluding carboxylic acids is 1. The van der Waals surface area contributed by atoms with E-state index < -0.39 is 16.0 Å². The number of carboxylic acids is 1. The smallest absolute Gasteiger partial charge is 0.335 e. The number of benzene rings is 3. The number of aryl methyl sites for hydroxylation is 2. The molecule has 0 aliphatic carbocycles. The summed E-state index contributed by atoms with van der Waals surface area (Å²) in [7, 11) is -2.17. The topological polar surface area (TPSA) is 202 Å². The van der Waals surface area contributed by atoms with Crippen LogP contribution in [0.5, 0.6) is 5.75 Å². The van der Waals surface area contributed by atoms with E-state index in [9.17, 15) is 18.0 Å². The van der Waals surface area contributed by atoms with Crippen molar-refractivity contribution >= 4 is 79.2 Å². The number of carbonyl (C=O) groups is 2. The molecule has 0 unspecified atom stereocenters. The van der Waals surface area contributed by atoms with Gasteiger partial charge in [0.2, 0.25) is 10.0 Å². The molecule has 0 fully saturated rings. The fourth-order valence-corrected chi connectivity index (χ4v) is 6.88. The Balaban J connectivity index is 0.000000238. The number of aromatic nitrogens is 2. The minimum absolute atomic E-state index is 0.212. The number of hydrogen-bond acceptors (Lipinski definition) is 13. The molecule has 0 saturated carbocycles. The molecule has 5 aromatic rings. The van der Waals surface area contributed by atoms with Crippen LogP contribution in [0.3, 0.4) is 0 Å². The summed E-state index contributed by atoms with van der Waals surface area (Å²) in [5.74, 6) is -1.13. The van der Waals surface area contributed by atoms with Crippen LogP contribution in [0, 0.1) is 13.8 Å². The normalized spacial score (nSPS) is 13.6. The van der Waals surface area contributed by atoms with Crippen LogP contribution in [0.2, 0.25) is 10.3 Å². The van der Waals surface area contributed by atoms with Crippen LogP contribution >= 0.6 is 23.2 Å². The van der Waals surface area contributed by atoms with Crippen molar-refractivity contribution in [3.05, 3.63) is 147 Å². The van der Waals surface area contributed by atoms with Gasteiger partial charge in [0, 0.05) is 41.5 Å². The van der Waals surface area contributed by atoms with Gasteiger partial charge in [-0.1, -0.05) is 56.1 Å². The average molecular weight is 888 g/mol. The summed E-state index contributed by atoms with van der Waals surface area (Å²) in [6.45, 7) is 9.84. The van der Waals surface area contributed by atoms with Crippen molar-refractivity contribution in [2.24, 2.45) is 0 Å². The summed E-state index contributed by atoms with van der Waals surface area (Å²) in [6.07, 6.45) is 8.07. The summed E-state index contributed by atoms with van der Waals surface area (Å²) in [4.78, 5) is 32.7. The van der Waals surface area contributed by atoms with E-state index in [2.05, 4.69) is 41.9 Å². The molecular weight excluding hydrogens is 843 g/mol. The number of halogens is 2. The number of rotatable bonds is 10. The van der Waals surface area contributed by atoms with Gasteiger partial charge in [0.05, 0.1) is 53.1 Å². The molecule has 2 aliphatic rings. The summed E-state index contributed by atoms with van der Waals surface area (Å²) >= 11 is 11.7. The third-order valence-electron chi connectivity index (χ3n) is 9.36. The first-order chi connectivity index (χ1) is 28.8. The van der Waals surface area contributed by atoms with Crippen LogP contribution in [0.15, 0.2) is 97.6 Å². The highest BCUT2D eigenvalue weighted by atomic mass is 35.5. The molecule has 2 aromatic heterocycles. The van der Waals surface area contributed by atoms with Crippen LogP contribution in [0.1, 0.15) is 69.3 Å². The number of hydrazine groups is 4. The number of amides is 1. The average Bonchev–Trinajstić information content (AvgIpc) is 3.89. The highest BCUT2D eigenvalue weighted by Gasteiger charge is 2.24. The SMILES string of the molecule is COc1c(NC(=O)c2ccc(C)c(N3C=C(c4ccc(Cl)nc4)NN3)c2)cc(C(C)(C)C)cc1NS(C)(=O)=O.Cc1ccc(C(=O)O)cc1N1C=C(c2ccc(Cl)nc2)NN1. The van der Waals surface area contributed by atoms with E-state index >= 15 is 0 Å². The van der Waals surface area contributed by atoms with Crippen molar-refractivity contribution in [1.29, 1.82) is 0 Å². The van der Waals surface area contributed by atoms with Crippen molar-refractivity contribution in [1.82, 2.24) is 31.9 Å². The van der Waals surface area contributed by atoms with Crippen molar-refractivity contribution in [2.45, 2.75) is 40.0 Å². The zero-order valence-electron chi connectivity index (χ0n) is 34.2. The molecule has 0 bridgehead atoms. The Bertz CT molecular complexity index is 2650. The van der Waals surface area contributed by atoms with Crippen LogP contribution in [-0.2, 0) is 15.4 Å². The molecule has 3 aromatic carbocycles. The third kappa shape index (κ3) is 10.9. The Morgan fingerprint density at radius 1 is 0.754 bits per heavy atom. The van der Waals surface area contributed by atoms with Gasteiger partial charge in [0.1, 0.15) is 10.3 Å². The largest absolute Gasteiger partial charge is 0.492 e. The van der Waals surface area contributed by atoms with E-state index in [4.69, 9.17) is 33.0 Å². The van der Waals surface area contributed by atoms with Crippen LogP contribution in [0.4, 0.5) is 22.7 Å². The van der Waals surface area contributed by atoms with Crippen molar-refractivity contribution in [2.75, 3.05) is 33.4 Å². The Morgan fingerprint density at radius 3 is 1.69 bits per heavy atom. The number of sulfonamides is 1. The lowest BCUT2D eigenvalue weighted by Crippen LogP contribution is -2.36. The van der Waals surface area contributed by atoms with Crippen molar-refractivity contribution in [3.8, 4) is 5.75 Å². The van der Waals surface area contributed by atoms with Gasteiger partial charge in [0.25, 0.3) is 5.91 Å². The Morgan fingerprint density at radius 2 is 1.25 bits per heavy atom. The Kier molecular flexibility index (Phi) is 13.1. The van der Waals surface area contributed by atoms with E-state index in [-0.39, 0.29) is 28.3 Å². The lowest BCUT2D eigenvalue weighted by molar-refractivity contribution is 0.0696. The third-order valence-corrected chi connectivity index (χ3v) is 10.4. The zero-order valence-corrected chi connectivity index (χ0v) is 36.5. The van der Waals surface area contributed by atoms with Crippen LogP contribution in [-0.4, -0.2) is 48.7 Å². The number of ether oxygens (including phenoxy) is 1. The van der Waals surface area contributed by atoms with Crippen molar-refractivity contribution < 1.29 is 27.9 Å². The molecule has 7 rings (SSSR count). The summed E-state index contributed by atoms with van der Waals surface area (Å²) in [5, 5.41) is 16.3. The second-order valence-electron chi connectivity index (χ2n) is 15.0. The minimum atomic E-state index is -3.59. The molecule has 318 valence electrons. The van der Waals surface area contributed by atoms with E-state index in [1.54, 1.807) is 77.0 Å². The first-order valence-electron chi connectivity index (χ1n) is 18.5. The highest BCUT2D eigenvalue weighted by molar-refractivity contribution is 7.92. The molecule has 19 heteroatoms. The summed E-state index contributed by atoms with van der Waals surface area (Å²) in [5.41, 5.74) is 20.6. The second-order valence-corrected chi connectivity index (χ2v) is 17.6. The number of methoxy groups -OCH3 is 1. The molecular formula is C42H44Cl2N10O6S. The van der Waals surface area contributed by atoms with Crippen molar-refractivity contribution in [3.63, 3.8) is 0 Å². The van der Waals surface area contributed by atoms with Gasteiger partial charge in [-0.25, -0.2) is 23.2 Å². The van der Waals surface area contributed by atoms with Gasteiger partial charge in [-0.05, 0) is 96.6 Å². The number of carboxylic acid groups (broad SMARTS) is 1. The van der Waals surface area contributed by atoms with Gasteiger partial charge >= 0.3 is 5.97 Å². The maximum absolute atomic E-state index is 13.4. The first-order valence-corrected chi connectivity index (χ1v) is 21.2. The molecule has 0 saturated heterocycles. The Hall–Kier alpha value is -6.37. The van der Waals surface area contributed by atoms with Gasteiger partial charge in [-0.2, -0.15) is 0 Å². The molecule has 0 radical (unpaired) electrons. The molecule has 4 heterocycles. The predicted molar refractivity (Wildman–Crippen MR) is 239 cm³/mol. The first kappa shape index (κ1) is 44.2. The zero-order chi connectivity index (χ0) is 44.2. The maximum Gasteiger partial charge on any atom is 0.335 e. The molecule has 2 aliphatic heterocycles. The number of aromatic carboxylic acids is 1. The molecule has 16 nitrogen and oxygen atoms in total. The quantitative estimate of drug-likeness (QED) is 0.0685. The molecule has 61 heavy (non-hydrogen) atoms. The molecule has 0 atom stereocenters. The number of nitrogens with one attached hydrogen (secondary N) is 6. The molecule has 0 spiro atoms. The standard InChI is InChI=1S/C27H31ClN6O4S.C15H13ClN4O2/c1-16-7-8-17(11-23(16)34-15-22(31-33-34)18-9-10-24(28)29-14-18)26(35)30-20-12-19(27(2,3)4)13-21(25(20)38-5)32-39(6,36)37;1-9-2-3-10(15(21)22)6-13(9)20-8-12(18-19-20)11-4-5-14(16)17-7-11/h7-15,31-33H,1-6H3,(H,30,35);2-8,18-19H,1H3,(H,21,22). The van der Waals surface area contributed by atoms with E-state index in [1.165, 1.54) is 7.11 Å². The maximum atomic E-state index is 13.4. The van der Waals surface area contributed by atoms with Crippen LogP contribution < -0.4 is 46.7 Å². The fraction of sp³-hybridized carbons (Fsp3) is 0.190. The lowest BCUT2D eigenvalue weighted by Gasteiger charge is -2.24. The number of anilines is 4. The number of hydrogen-bond donors (Lipinski definition) is 7. The second kappa shape index (κ2) is 18.1. The number of pyridine rings is 2. The molecule has 1 amide bonds. The van der Waals surface area contributed by atoms with E-state index in [1.807, 2.05) is 65.2 Å².